The molecule has 4 aromatic rings. The third-order valence-corrected chi connectivity index (χ3v) is 28.0. The number of aliphatic carboxylic acids is 1. The zero-order chi connectivity index (χ0) is 97.4. The summed E-state index contributed by atoms with van der Waals surface area (Å²) < 4.78 is 104. The van der Waals surface area contributed by atoms with Crippen LogP contribution in [0.25, 0.3) is 0 Å². The number of thioether (sulfide) groups is 2. The number of thiol groups is 1. The van der Waals surface area contributed by atoms with Gasteiger partial charge in [-0.3, -0.25) is 52.1 Å². The Hall–Kier alpha value is -2.72. The molecular weight excluding hydrogens is 2720 g/mol. The molecule has 9 aliphatic rings. The van der Waals surface area contributed by atoms with Crippen molar-refractivity contribution in [3.8, 4) is 11.5 Å². The summed E-state index contributed by atoms with van der Waals surface area (Å²) in [6, 6.07) is 23.8. The number of halogens is 7. The molecule has 42 nitrogen and oxygen atoms in total. The van der Waals surface area contributed by atoms with Gasteiger partial charge in [-0.25, -0.2) is 39.4 Å². The third kappa shape index (κ3) is 32.1. The van der Waals surface area contributed by atoms with E-state index in [-0.39, 0.29) is 129 Å². The minimum atomic E-state index is -4.64. The van der Waals surface area contributed by atoms with Gasteiger partial charge in [-0.05, 0) is 103 Å². The molecule has 0 radical (unpaired) electrons. The molecule has 0 bridgehead atoms. The number of non-ortho nitro benzene ring substituents is 2. The van der Waals surface area contributed by atoms with Crippen molar-refractivity contribution in [1.29, 1.82) is 0 Å². The van der Waals surface area contributed by atoms with Crippen LogP contribution < -0.4 is 34.3 Å². The Bertz CT molecular complexity index is 4980. The topological polar surface area (TPSA) is 570 Å². The molecule has 5 unspecified atom stereocenters. The Morgan fingerprint density at radius 3 is 1.35 bits per heavy atom. The number of carbonyl (C=O) groups is 8. The molecule has 6 saturated heterocycles. The normalized spacial score (nSPS) is 25.8. The van der Waals surface area contributed by atoms with E-state index in [1.165, 1.54) is 88.6 Å². The van der Waals surface area contributed by atoms with Crippen molar-refractivity contribution < 1.29 is 123 Å². The van der Waals surface area contributed by atoms with Gasteiger partial charge in [0.05, 0.1) is 75.2 Å². The summed E-state index contributed by atoms with van der Waals surface area (Å²) in [5.41, 5.74) is 1.34. The zero-order valence-corrected chi connectivity index (χ0v) is 93.9. The maximum absolute atomic E-state index is 14.2. The number of esters is 4. The van der Waals surface area contributed by atoms with E-state index in [9.17, 15) is 110 Å². The molecule has 9 heterocycles. The predicted molar refractivity (Wildman–Crippen MR) is 553 cm³/mol. The molecule has 0 aromatic heterocycles. The summed E-state index contributed by atoms with van der Waals surface area (Å²) in [4.78, 5) is 139. The number of carboxylic acids is 1. The molecular formula is C76H99I7N14O28PS6V-3. The number of phosphoric ester groups is 1. The number of nitrogens with zero attached hydrogens (tertiary/aromatic N) is 9. The fraction of sp³-hybridized carbons (Fsp3) is 0.500. The summed E-state index contributed by atoms with van der Waals surface area (Å²) in [5, 5.41) is 68.7. The molecule has 9 N–H and O–H groups in total. The number of aliphatic hydroxyl groups is 3. The molecule has 739 valence electrons. The monoisotopic (exact) mass is 2820 g/mol. The number of β-lactam (4-membered cyclic amide) rings is 3. The standard InChI is InChI=1S/C29H25N2O11P.C24H31N5O9S2.C15H24N4O6S2.C7H17N3O2S2.CH4.I2.5HI.V/c1-17-24-23(18(2)32)27(33)30(24)25(29(35)39-28(34)19-13-15-20(16-14-19)31(36)37)26(17)42-43(38,40-21-9-5-3-6-10-21)41-22-11-7-4-8-12-22;1-12-19-18(13(2)30)22(31)28(19)20(24(33)38-23(32)14-5-7-15(8-6-14)29(34)35)21(12)39-17-9-16(26(3)11-17)10-27(4)25-40(36)37;1-6-11-10(7(2)20)14(21)19(11)12(15(22)23)13(6)26-9-3-8(16-5-9)4-17-18-27(24)25;1-9-5-7(13)3-6(9)4-10(2)8-14(11)12;;1-2;;;;;;/h3-18,23-24,32H,1-2H3;5-8,12-13,16-19,25,30H,9-11H2,1-4H3,(H,36,37);6-11,16-18,20H,3-5H2,1-2H3,(H,22,23)(H,24,25);6-8,13H,3-5H2,1-2H3,(H,11,12);1H4;;5*1H;/q;;;;;;;;;;;+4/p-7/t17-,18-,23-,24-;12-,13-,16+,17?,18-,19-;6-,7-,8+,9?,10-,11-;6-,7-;;;;;;;;/m1110......../s1. The average molecular weight is 2820 g/mol. The number of nitro groups is 2. The van der Waals surface area contributed by atoms with E-state index in [1.807, 2.05) is 27.9 Å². The number of carbonyl (C=O) groups excluding carboxylic acids is 7. The molecule has 13 rings (SSSR count). The number of likely N-dealkylation sites (tertiary alicyclic amines) is 2. The SMILES string of the molecule is C.CN(C[C@@H]1C[C@H](S)CN1C)NS(=O)[O-].C[C@@H](O)[C@H]1C(=O)N2C(C(=O)O)=C(SC3CN[C@H](CNNS(=O)[O-])C3)[C@H](C)[C@H]12.C[C@@H](O)[C@H]1C(=O)N2C(C(=O)OC(=O)c3ccc([N+](=O)[O-])cc3)=C(OP(=O)(Oc3ccccc3)Oc3ccccc3)[C@H](C)[C@H]12.C[C@@H](O)[C@H]1C(=O)N2C(C(=O)OC(=O)c3ccc([N+](=O)[O-])cc3)=C(SC3C[C@@H](CN(C)NS(=O)[O-])N(C)C3)[C@H](C)[C@H]12.I.II.[I][V]([I])([I])[I]. The first kappa shape index (κ1) is 119. The number of hydrogen-bond acceptors (Lipinski definition) is 36. The van der Waals surface area contributed by atoms with Crippen LogP contribution in [0.5, 0.6) is 11.5 Å². The molecule has 3 amide bonds. The Balaban J connectivity index is 0.000000279. The van der Waals surface area contributed by atoms with Gasteiger partial charge in [-0.2, -0.15) is 31.7 Å². The Morgan fingerprint density at radius 2 is 0.970 bits per heavy atom. The molecule has 0 spiro atoms. The number of para-hydroxylation sites is 2. The summed E-state index contributed by atoms with van der Waals surface area (Å²) >= 11 is 14.5. The summed E-state index contributed by atoms with van der Waals surface area (Å²) in [6.45, 7) is 13.6. The van der Waals surface area contributed by atoms with Crippen LogP contribution in [0.3, 0.4) is 0 Å². The van der Waals surface area contributed by atoms with Crippen LogP contribution in [0, 0.1) is 55.7 Å². The fourth-order valence-electron chi connectivity index (χ4n) is 16.4. The van der Waals surface area contributed by atoms with Crippen molar-refractivity contribution in [2.75, 3.05) is 67.5 Å². The Labute approximate surface area is 875 Å². The van der Waals surface area contributed by atoms with E-state index in [2.05, 4.69) is 165 Å². The van der Waals surface area contributed by atoms with Crippen molar-refractivity contribution in [1.82, 2.24) is 59.8 Å². The maximum atomic E-state index is 14.2. The van der Waals surface area contributed by atoms with Crippen LogP contribution in [-0.2, 0) is 81.5 Å². The number of benzene rings is 4. The van der Waals surface area contributed by atoms with Crippen LogP contribution in [-0.4, -0.2) is 276 Å². The zero-order valence-electron chi connectivity index (χ0n) is 71.3. The fourth-order valence-corrected chi connectivity index (χ4v) is 22.2. The first-order valence-corrected chi connectivity index (χ1v) is 70.7. The number of phosphoric acid groups is 1. The van der Waals surface area contributed by atoms with E-state index in [0.717, 1.165) is 60.7 Å². The average Bonchev–Trinajstić information content (AvgIpc) is 1.56. The van der Waals surface area contributed by atoms with Gasteiger partial charge in [0, 0.05) is 210 Å². The van der Waals surface area contributed by atoms with Gasteiger partial charge in [0.1, 0.15) is 28.7 Å². The van der Waals surface area contributed by atoms with E-state index in [4.69, 9.17) is 23.0 Å². The molecule has 57 heteroatoms. The molecule has 0 saturated carbocycles. The number of fused-ring (bicyclic) bond motifs is 3. The molecule has 6 fully saturated rings. The van der Waals surface area contributed by atoms with Crippen LogP contribution in [0.15, 0.2) is 142 Å². The molecule has 21 atom stereocenters. The van der Waals surface area contributed by atoms with Gasteiger partial charge in [0.25, 0.3) is 11.4 Å². The summed E-state index contributed by atoms with van der Waals surface area (Å²) in [6.07, 6.45) is -0.456. The molecule has 0 aliphatic carbocycles. The van der Waals surface area contributed by atoms with E-state index in [1.54, 1.807) is 69.3 Å². The van der Waals surface area contributed by atoms with Gasteiger partial charge < -0.3 is 82.0 Å². The first-order chi connectivity index (χ1) is 61.5. The van der Waals surface area contributed by atoms with Gasteiger partial charge in [0.15, 0.2) is 5.70 Å². The number of likely N-dealkylation sites (N-methyl/N-ethyl adjacent to an activating group) is 4. The van der Waals surface area contributed by atoms with Crippen LogP contribution in [0.2, 0.25) is 0 Å². The number of rotatable bonds is 32. The number of hydrazine groups is 3. The van der Waals surface area contributed by atoms with Gasteiger partial charge in [0.2, 0.25) is 17.7 Å². The third-order valence-electron chi connectivity index (χ3n) is 22.1. The predicted octanol–water partition coefficient (Wildman–Crippen LogP) is 9.29. The van der Waals surface area contributed by atoms with Gasteiger partial charge in [-0.15, -0.1) is 47.5 Å². The number of aliphatic hydroxyl groups excluding tert-OH is 3. The second-order valence-electron chi connectivity index (χ2n) is 31.2. The van der Waals surface area contributed by atoms with E-state index in [0.29, 0.717) is 60.2 Å². The van der Waals surface area contributed by atoms with Crippen molar-refractivity contribution in [2.24, 2.45) is 35.5 Å². The summed E-state index contributed by atoms with van der Waals surface area (Å²) in [7, 11) is 2.65. The molecule has 133 heavy (non-hydrogen) atoms. The number of hydrogen-bond donors (Lipinski definition) is 10. The van der Waals surface area contributed by atoms with Crippen LogP contribution in [0.1, 0.15) is 88.9 Å². The number of carboxylic acid groups (broad SMARTS) is 1. The van der Waals surface area contributed by atoms with E-state index >= 15 is 0 Å². The minimum absolute atomic E-state index is 0. The second kappa shape index (κ2) is 54.1. The molecule has 9 aliphatic heterocycles. The van der Waals surface area contributed by atoms with Gasteiger partial charge in [-0.1, -0.05) is 64.6 Å². The number of nitrogens with one attached hydrogen (secondary N) is 5. The Morgan fingerprint density at radius 1 is 0.594 bits per heavy atom. The summed E-state index contributed by atoms with van der Waals surface area (Å²) in [5.74, 6) is -10.6. The quantitative estimate of drug-likeness (QED) is 0.00250. The van der Waals surface area contributed by atoms with Crippen molar-refractivity contribution >= 4 is 278 Å². The van der Waals surface area contributed by atoms with Crippen molar-refractivity contribution in [3.05, 3.63) is 173 Å². The number of amides is 3. The molecule has 4 aromatic carbocycles. The number of ether oxygens (including phenoxy) is 2. The first-order valence-electron chi connectivity index (χ1n) is 39.5. The van der Waals surface area contributed by atoms with Crippen LogP contribution in [0.4, 0.5) is 11.4 Å². The Kier molecular flexibility index (Phi) is 48.4. The van der Waals surface area contributed by atoms with Gasteiger partial charge >= 0.3 is 118 Å². The van der Waals surface area contributed by atoms with E-state index < -0.39 is 153 Å². The van der Waals surface area contributed by atoms with Crippen molar-refractivity contribution in [2.45, 2.75) is 139 Å². The van der Waals surface area contributed by atoms with Crippen LogP contribution >= 0.6 is 185 Å². The second-order valence-corrected chi connectivity index (χ2v) is 109. The van der Waals surface area contributed by atoms with Crippen molar-refractivity contribution in [3.63, 3.8) is 0 Å². The number of nitro benzene ring substituents is 2.